The van der Waals surface area contributed by atoms with Crippen LogP contribution < -0.4 is 0 Å². The topological polar surface area (TPSA) is 25.2 Å². The summed E-state index contributed by atoms with van der Waals surface area (Å²) in [5.74, 6) is 1.63. The summed E-state index contributed by atoms with van der Waals surface area (Å²) < 4.78 is 0. The second-order valence-corrected chi connectivity index (χ2v) is 6.54. The minimum absolute atomic E-state index is 0.693. The van der Waals surface area contributed by atoms with Crippen LogP contribution in [-0.4, -0.2) is 10.1 Å². The Hall–Kier alpha value is -1.83. The maximum atomic E-state index is 4.67. The number of rotatable bonds is 4. The first-order valence-electron chi connectivity index (χ1n) is 8.44. The van der Waals surface area contributed by atoms with Crippen molar-refractivity contribution in [3.8, 4) is 11.3 Å². The minimum Gasteiger partial charge on any atom is -0.256 e. The van der Waals surface area contributed by atoms with E-state index in [1.54, 1.807) is 0 Å². The highest BCUT2D eigenvalue weighted by molar-refractivity contribution is 7.78. The van der Waals surface area contributed by atoms with Gasteiger partial charge in [0.05, 0.1) is 16.5 Å². The summed E-state index contributed by atoms with van der Waals surface area (Å²) in [6.07, 6.45) is 8.74. The van der Waals surface area contributed by atoms with Crippen molar-refractivity contribution in [2.75, 3.05) is 0 Å². The van der Waals surface area contributed by atoms with Crippen LogP contribution in [0.15, 0.2) is 47.6 Å². The highest BCUT2D eigenvalue weighted by Crippen LogP contribution is 2.37. The number of pyridine rings is 1. The van der Waals surface area contributed by atoms with Crippen molar-refractivity contribution in [2.45, 2.75) is 44.9 Å². The van der Waals surface area contributed by atoms with Gasteiger partial charge in [-0.15, -0.1) is 0 Å². The van der Waals surface area contributed by atoms with Gasteiger partial charge < -0.3 is 0 Å². The highest BCUT2D eigenvalue weighted by atomic mass is 32.1. The molecule has 0 unspecified atom stereocenters. The van der Waals surface area contributed by atoms with Gasteiger partial charge in [0.1, 0.15) is 0 Å². The Morgan fingerprint density at radius 1 is 1.09 bits per heavy atom. The summed E-state index contributed by atoms with van der Waals surface area (Å²) in [4.78, 5) is 8.65. The standard InChI is InChI=1S/C20H22N2S/c1-2-15-3-5-16(6-4-15)18-9-12-20(21-13-18)17-7-10-19(11-8-17)22-14-23/h7-13,15-16H,2-6H2,1H3. The molecule has 1 aromatic carbocycles. The number of isothiocyanates is 1. The number of benzene rings is 1. The van der Waals surface area contributed by atoms with Crippen molar-refractivity contribution in [1.29, 1.82) is 0 Å². The molecule has 1 aliphatic carbocycles. The van der Waals surface area contributed by atoms with Crippen LogP contribution in [-0.2, 0) is 0 Å². The Balaban J connectivity index is 1.70. The van der Waals surface area contributed by atoms with E-state index in [0.717, 1.165) is 22.9 Å². The molecule has 0 radical (unpaired) electrons. The molecule has 0 spiro atoms. The van der Waals surface area contributed by atoms with Gasteiger partial charge in [-0.1, -0.05) is 31.5 Å². The van der Waals surface area contributed by atoms with E-state index >= 15 is 0 Å². The zero-order chi connectivity index (χ0) is 16.1. The van der Waals surface area contributed by atoms with E-state index in [2.05, 4.69) is 52.6 Å². The van der Waals surface area contributed by atoms with Gasteiger partial charge in [0.15, 0.2) is 0 Å². The molecule has 0 atom stereocenters. The van der Waals surface area contributed by atoms with Crippen LogP contribution in [0.2, 0.25) is 0 Å². The third-order valence-electron chi connectivity index (χ3n) is 5.02. The van der Waals surface area contributed by atoms with Gasteiger partial charge in [-0.2, -0.15) is 4.99 Å². The molecule has 1 aromatic heterocycles. The Kier molecular flexibility index (Phi) is 5.32. The first-order valence-corrected chi connectivity index (χ1v) is 8.85. The second-order valence-electron chi connectivity index (χ2n) is 6.35. The van der Waals surface area contributed by atoms with Crippen molar-refractivity contribution in [2.24, 2.45) is 10.9 Å². The molecule has 1 heterocycles. The summed E-state index contributed by atoms with van der Waals surface area (Å²) in [5.41, 5.74) is 4.33. The Morgan fingerprint density at radius 3 is 2.39 bits per heavy atom. The van der Waals surface area contributed by atoms with Crippen molar-refractivity contribution >= 4 is 23.1 Å². The number of nitrogens with zero attached hydrogens (tertiary/aromatic N) is 2. The zero-order valence-electron chi connectivity index (χ0n) is 13.5. The summed E-state index contributed by atoms with van der Waals surface area (Å²) in [5, 5.41) is 2.39. The summed E-state index contributed by atoms with van der Waals surface area (Å²) in [7, 11) is 0. The molecular weight excluding hydrogens is 300 g/mol. The predicted molar refractivity (Wildman–Crippen MR) is 99.3 cm³/mol. The summed E-state index contributed by atoms with van der Waals surface area (Å²) in [6, 6.07) is 12.3. The molecule has 3 rings (SSSR count). The molecule has 3 heteroatoms. The van der Waals surface area contributed by atoms with Crippen LogP contribution in [0.1, 0.15) is 50.5 Å². The van der Waals surface area contributed by atoms with Gasteiger partial charge in [-0.3, -0.25) is 4.98 Å². The zero-order valence-corrected chi connectivity index (χ0v) is 14.4. The molecule has 0 N–H and O–H groups in total. The van der Waals surface area contributed by atoms with Gasteiger partial charge in [0.2, 0.25) is 0 Å². The van der Waals surface area contributed by atoms with Crippen molar-refractivity contribution in [1.82, 2.24) is 4.98 Å². The maximum absolute atomic E-state index is 4.67. The quantitative estimate of drug-likeness (QED) is 0.497. The fourth-order valence-corrected chi connectivity index (χ4v) is 3.59. The molecule has 0 bridgehead atoms. The van der Waals surface area contributed by atoms with E-state index in [1.165, 1.54) is 37.7 Å². The number of thiocarbonyl (C=S) groups is 1. The minimum atomic E-state index is 0.693. The van der Waals surface area contributed by atoms with Crippen molar-refractivity contribution in [3.63, 3.8) is 0 Å². The van der Waals surface area contributed by atoms with Crippen LogP contribution in [0, 0.1) is 5.92 Å². The first kappa shape index (κ1) is 16.0. The molecule has 0 saturated heterocycles. The summed E-state index contributed by atoms with van der Waals surface area (Å²) in [6.45, 7) is 2.31. The second kappa shape index (κ2) is 7.63. The largest absolute Gasteiger partial charge is 0.256 e. The number of hydrogen-bond donors (Lipinski definition) is 0. The lowest BCUT2D eigenvalue weighted by Gasteiger charge is -2.27. The molecule has 1 fully saturated rings. The van der Waals surface area contributed by atoms with Crippen LogP contribution in [0.4, 0.5) is 5.69 Å². The monoisotopic (exact) mass is 322 g/mol. The van der Waals surface area contributed by atoms with Crippen LogP contribution in [0.25, 0.3) is 11.3 Å². The molecular formula is C20H22N2S. The van der Waals surface area contributed by atoms with E-state index in [0.29, 0.717) is 5.92 Å². The molecule has 1 saturated carbocycles. The maximum Gasteiger partial charge on any atom is 0.0740 e. The van der Waals surface area contributed by atoms with Crippen LogP contribution >= 0.6 is 12.2 Å². The van der Waals surface area contributed by atoms with Gasteiger partial charge >= 0.3 is 0 Å². The molecule has 2 aromatic rings. The Bertz CT molecular complexity index is 677. The van der Waals surface area contributed by atoms with Gasteiger partial charge in [0, 0.05) is 11.8 Å². The predicted octanol–water partition coefficient (Wildman–Crippen LogP) is 6.17. The average molecular weight is 322 g/mol. The highest BCUT2D eigenvalue weighted by Gasteiger charge is 2.21. The lowest BCUT2D eigenvalue weighted by Crippen LogP contribution is -2.12. The van der Waals surface area contributed by atoms with E-state index in [9.17, 15) is 0 Å². The number of hydrogen-bond acceptors (Lipinski definition) is 3. The SMILES string of the molecule is CCC1CCC(c2ccc(-c3ccc(N=C=S)cc3)nc2)CC1. The average Bonchev–Trinajstić information content (AvgIpc) is 2.63. The van der Waals surface area contributed by atoms with Gasteiger partial charge in [0.25, 0.3) is 0 Å². The van der Waals surface area contributed by atoms with Crippen LogP contribution in [0.5, 0.6) is 0 Å². The molecule has 0 amide bonds. The van der Waals surface area contributed by atoms with E-state index < -0.39 is 0 Å². The number of aromatic nitrogens is 1. The van der Waals surface area contributed by atoms with E-state index in [4.69, 9.17) is 0 Å². The fraction of sp³-hybridized carbons (Fsp3) is 0.400. The third kappa shape index (κ3) is 3.93. The van der Waals surface area contributed by atoms with E-state index in [-0.39, 0.29) is 0 Å². The third-order valence-corrected chi connectivity index (χ3v) is 5.11. The molecule has 1 aliphatic rings. The lowest BCUT2D eigenvalue weighted by atomic mass is 9.78. The Labute approximate surface area is 143 Å². The number of aliphatic imine (C=N–C) groups is 1. The molecule has 2 nitrogen and oxygen atoms in total. The van der Waals surface area contributed by atoms with E-state index in [1.807, 2.05) is 24.3 Å². The molecule has 23 heavy (non-hydrogen) atoms. The first-order chi connectivity index (χ1) is 11.3. The van der Waals surface area contributed by atoms with Crippen molar-refractivity contribution < 1.29 is 0 Å². The smallest absolute Gasteiger partial charge is 0.0740 e. The normalized spacial score (nSPS) is 20.7. The van der Waals surface area contributed by atoms with Gasteiger partial charge in [-0.05, 0) is 73.5 Å². The Morgan fingerprint density at radius 2 is 1.83 bits per heavy atom. The molecule has 0 aliphatic heterocycles. The molecule has 118 valence electrons. The summed E-state index contributed by atoms with van der Waals surface area (Å²) >= 11 is 4.62. The fourth-order valence-electron chi connectivity index (χ4n) is 3.48. The van der Waals surface area contributed by atoms with Crippen LogP contribution in [0.3, 0.4) is 0 Å². The lowest BCUT2D eigenvalue weighted by molar-refractivity contribution is 0.318. The van der Waals surface area contributed by atoms with Crippen molar-refractivity contribution in [3.05, 3.63) is 48.2 Å². The van der Waals surface area contributed by atoms with Gasteiger partial charge in [-0.25, -0.2) is 0 Å².